The maximum absolute atomic E-state index is 11.8. The molecule has 4 rings (SSSR count). The van der Waals surface area contributed by atoms with Crippen molar-refractivity contribution in [3.8, 4) is 11.5 Å². The van der Waals surface area contributed by atoms with E-state index in [1.807, 2.05) is 30.3 Å². The van der Waals surface area contributed by atoms with E-state index in [2.05, 4.69) is 10.5 Å². The zero-order valence-electron chi connectivity index (χ0n) is 12.0. The van der Waals surface area contributed by atoms with Crippen molar-refractivity contribution in [2.24, 2.45) is 5.92 Å². The lowest BCUT2D eigenvalue weighted by Crippen LogP contribution is -2.34. The van der Waals surface area contributed by atoms with Gasteiger partial charge in [-0.1, -0.05) is 29.8 Å². The van der Waals surface area contributed by atoms with E-state index in [4.69, 9.17) is 8.94 Å². The van der Waals surface area contributed by atoms with Crippen molar-refractivity contribution in [3.63, 3.8) is 0 Å². The number of carbonyl (C=O) groups excluding carboxylic acids is 1. The molecule has 0 radical (unpaired) electrons. The van der Waals surface area contributed by atoms with E-state index >= 15 is 0 Å². The van der Waals surface area contributed by atoms with Crippen LogP contribution in [0.4, 0.5) is 0 Å². The van der Waals surface area contributed by atoms with Gasteiger partial charge in [0.05, 0.1) is 6.54 Å². The number of furan rings is 1. The third-order valence-electron chi connectivity index (χ3n) is 4.15. The SMILES string of the molecule is O=C(NCc1cc(-c2cc3ccccc3o2)on1)C1CCC1. The zero-order chi connectivity index (χ0) is 14.9. The smallest absolute Gasteiger partial charge is 0.223 e. The number of benzene rings is 1. The number of aromatic nitrogens is 1. The molecule has 1 saturated carbocycles. The molecular weight excluding hydrogens is 280 g/mol. The number of hydrogen-bond donors (Lipinski definition) is 1. The van der Waals surface area contributed by atoms with Gasteiger partial charge in [-0.15, -0.1) is 0 Å². The van der Waals surface area contributed by atoms with Gasteiger partial charge in [0.15, 0.2) is 5.76 Å². The second-order valence-corrected chi connectivity index (χ2v) is 5.68. The second-order valence-electron chi connectivity index (χ2n) is 5.68. The number of fused-ring (bicyclic) bond motifs is 1. The number of hydrogen-bond acceptors (Lipinski definition) is 4. The summed E-state index contributed by atoms with van der Waals surface area (Å²) in [6.07, 6.45) is 3.14. The molecule has 1 aliphatic rings. The minimum absolute atomic E-state index is 0.111. The molecule has 1 aliphatic carbocycles. The Morgan fingerprint density at radius 2 is 2.09 bits per heavy atom. The van der Waals surface area contributed by atoms with Gasteiger partial charge in [0.25, 0.3) is 0 Å². The first kappa shape index (κ1) is 13.1. The molecule has 2 heterocycles. The van der Waals surface area contributed by atoms with Crippen LogP contribution in [0.1, 0.15) is 25.0 Å². The molecule has 22 heavy (non-hydrogen) atoms. The van der Waals surface area contributed by atoms with Crippen molar-refractivity contribution < 1.29 is 13.7 Å². The molecule has 3 aromatic rings. The summed E-state index contributed by atoms with van der Waals surface area (Å²) in [6.45, 7) is 0.388. The Bertz CT molecular complexity index is 781. The first-order chi connectivity index (χ1) is 10.8. The fourth-order valence-electron chi connectivity index (χ4n) is 2.61. The van der Waals surface area contributed by atoms with Gasteiger partial charge < -0.3 is 14.3 Å². The molecule has 1 amide bonds. The number of nitrogens with zero attached hydrogens (tertiary/aromatic N) is 1. The average molecular weight is 296 g/mol. The van der Waals surface area contributed by atoms with Crippen molar-refractivity contribution >= 4 is 16.9 Å². The first-order valence-electron chi connectivity index (χ1n) is 7.52. The monoisotopic (exact) mass is 296 g/mol. The van der Waals surface area contributed by atoms with E-state index in [0.717, 1.165) is 30.2 Å². The molecule has 2 aromatic heterocycles. The third-order valence-corrected chi connectivity index (χ3v) is 4.15. The van der Waals surface area contributed by atoms with Gasteiger partial charge in [0.2, 0.25) is 11.7 Å². The highest BCUT2D eigenvalue weighted by atomic mass is 16.5. The van der Waals surface area contributed by atoms with Crippen LogP contribution in [0.15, 0.2) is 45.3 Å². The molecule has 0 bridgehead atoms. The fraction of sp³-hybridized carbons (Fsp3) is 0.294. The summed E-state index contributed by atoms with van der Waals surface area (Å²) >= 11 is 0. The van der Waals surface area contributed by atoms with Crippen molar-refractivity contribution in [1.82, 2.24) is 10.5 Å². The van der Waals surface area contributed by atoms with Crippen LogP contribution in [-0.2, 0) is 11.3 Å². The van der Waals surface area contributed by atoms with Gasteiger partial charge >= 0.3 is 0 Å². The third kappa shape index (κ3) is 2.39. The van der Waals surface area contributed by atoms with Crippen LogP contribution in [0.2, 0.25) is 0 Å². The maximum Gasteiger partial charge on any atom is 0.223 e. The van der Waals surface area contributed by atoms with E-state index < -0.39 is 0 Å². The maximum atomic E-state index is 11.8. The summed E-state index contributed by atoms with van der Waals surface area (Å²) in [5, 5.41) is 7.91. The topological polar surface area (TPSA) is 68.3 Å². The quantitative estimate of drug-likeness (QED) is 0.800. The van der Waals surface area contributed by atoms with Crippen LogP contribution in [-0.4, -0.2) is 11.1 Å². The van der Waals surface area contributed by atoms with Gasteiger partial charge in [0, 0.05) is 17.4 Å². The number of nitrogens with one attached hydrogen (secondary N) is 1. The molecule has 5 nitrogen and oxygen atoms in total. The summed E-state index contributed by atoms with van der Waals surface area (Å²) in [6, 6.07) is 11.5. The van der Waals surface area contributed by atoms with Gasteiger partial charge in [-0.05, 0) is 25.0 Å². The Balaban J connectivity index is 1.47. The number of rotatable bonds is 4. The van der Waals surface area contributed by atoms with Gasteiger partial charge in [-0.25, -0.2) is 0 Å². The molecule has 0 spiro atoms. The van der Waals surface area contributed by atoms with E-state index in [-0.39, 0.29) is 11.8 Å². The minimum atomic E-state index is 0.111. The molecule has 1 fully saturated rings. The highest BCUT2D eigenvalue weighted by Gasteiger charge is 2.25. The van der Waals surface area contributed by atoms with Crippen LogP contribution in [0.5, 0.6) is 0 Å². The van der Waals surface area contributed by atoms with E-state index in [1.54, 1.807) is 6.07 Å². The van der Waals surface area contributed by atoms with Crippen LogP contribution >= 0.6 is 0 Å². The lowest BCUT2D eigenvalue weighted by molar-refractivity contribution is -0.127. The molecule has 0 aliphatic heterocycles. The minimum Gasteiger partial charge on any atom is -0.453 e. The standard InChI is InChI=1S/C17H16N2O3/c20-17(11-5-3-6-11)18-10-13-9-16(22-19-13)15-8-12-4-1-2-7-14(12)21-15/h1-2,4,7-9,11H,3,5-6,10H2,(H,18,20). The highest BCUT2D eigenvalue weighted by molar-refractivity contribution is 5.82. The zero-order valence-corrected chi connectivity index (χ0v) is 12.0. The largest absolute Gasteiger partial charge is 0.453 e. The number of amides is 1. The second kappa shape index (κ2) is 5.33. The van der Waals surface area contributed by atoms with Crippen LogP contribution in [0.25, 0.3) is 22.5 Å². The van der Waals surface area contributed by atoms with Gasteiger partial charge in [0.1, 0.15) is 11.3 Å². The highest BCUT2D eigenvalue weighted by Crippen LogP contribution is 2.28. The Morgan fingerprint density at radius 3 is 2.86 bits per heavy atom. The summed E-state index contributed by atoms with van der Waals surface area (Å²) < 4.78 is 11.1. The van der Waals surface area contributed by atoms with Gasteiger partial charge in [-0.2, -0.15) is 0 Å². The summed E-state index contributed by atoms with van der Waals surface area (Å²) in [5.41, 5.74) is 1.51. The Kier molecular flexibility index (Phi) is 3.18. The van der Waals surface area contributed by atoms with Crippen LogP contribution < -0.4 is 5.32 Å². The van der Waals surface area contributed by atoms with E-state index in [9.17, 15) is 4.79 Å². The van der Waals surface area contributed by atoms with Crippen molar-refractivity contribution in [3.05, 3.63) is 42.1 Å². The predicted octanol–water partition coefficient (Wildman–Crippen LogP) is 3.50. The molecule has 1 N–H and O–H groups in total. The van der Waals surface area contributed by atoms with Crippen LogP contribution in [0.3, 0.4) is 0 Å². The normalized spacial score (nSPS) is 14.9. The number of carbonyl (C=O) groups is 1. The van der Waals surface area contributed by atoms with Crippen molar-refractivity contribution in [2.75, 3.05) is 0 Å². The van der Waals surface area contributed by atoms with E-state index in [1.165, 1.54) is 0 Å². The lowest BCUT2D eigenvalue weighted by Gasteiger charge is -2.23. The Labute approximate surface area is 127 Å². The Morgan fingerprint density at radius 1 is 1.23 bits per heavy atom. The average Bonchev–Trinajstić information content (AvgIpc) is 3.09. The van der Waals surface area contributed by atoms with E-state index in [0.29, 0.717) is 23.8 Å². The van der Waals surface area contributed by atoms with Crippen LogP contribution in [0, 0.1) is 5.92 Å². The lowest BCUT2D eigenvalue weighted by atomic mass is 9.85. The molecule has 0 saturated heterocycles. The summed E-state index contributed by atoms with van der Waals surface area (Å²) in [5.74, 6) is 1.51. The van der Waals surface area contributed by atoms with Crippen molar-refractivity contribution in [2.45, 2.75) is 25.8 Å². The molecule has 112 valence electrons. The molecular formula is C17H16N2O3. The molecule has 1 aromatic carbocycles. The molecule has 0 atom stereocenters. The fourth-order valence-corrected chi connectivity index (χ4v) is 2.61. The van der Waals surface area contributed by atoms with Gasteiger partial charge in [-0.3, -0.25) is 4.79 Å². The summed E-state index contributed by atoms with van der Waals surface area (Å²) in [4.78, 5) is 11.8. The molecule has 5 heteroatoms. The predicted molar refractivity (Wildman–Crippen MR) is 80.9 cm³/mol. The molecule has 0 unspecified atom stereocenters. The first-order valence-corrected chi connectivity index (χ1v) is 7.52. The number of para-hydroxylation sites is 1. The Hall–Kier alpha value is -2.56. The summed E-state index contributed by atoms with van der Waals surface area (Å²) in [7, 11) is 0. The van der Waals surface area contributed by atoms with Crippen molar-refractivity contribution in [1.29, 1.82) is 0 Å².